The average molecular weight is 301 g/mol. The fraction of sp³-hybridized carbons (Fsp3) is 0.500. The summed E-state index contributed by atoms with van der Waals surface area (Å²) in [6, 6.07) is 2.14. The lowest BCUT2D eigenvalue weighted by Crippen LogP contribution is -2.34. The summed E-state index contributed by atoms with van der Waals surface area (Å²) in [6.45, 7) is 0. The Morgan fingerprint density at radius 1 is 1.19 bits per heavy atom. The van der Waals surface area contributed by atoms with Crippen molar-refractivity contribution in [3.8, 4) is 11.5 Å². The summed E-state index contributed by atoms with van der Waals surface area (Å²) >= 11 is 0. The largest absolute Gasteiger partial charge is 0.493 e. The van der Waals surface area contributed by atoms with Gasteiger partial charge in [0.05, 0.1) is 25.3 Å². The predicted molar refractivity (Wildman–Crippen MR) is 68.2 cm³/mol. The van der Waals surface area contributed by atoms with E-state index in [4.69, 9.17) is 9.47 Å². The van der Waals surface area contributed by atoms with Crippen LogP contribution in [0.4, 0.5) is 13.2 Å². The molecular weight excluding hydrogens is 287 g/mol. The van der Waals surface area contributed by atoms with Crippen LogP contribution in [0.25, 0.3) is 0 Å². The first kappa shape index (κ1) is 15.4. The maximum Gasteiger partial charge on any atom is 0.416 e. The van der Waals surface area contributed by atoms with Crippen LogP contribution in [0.15, 0.2) is 17.1 Å². The lowest BCUT2D eigenvalue weighted by Gasteiger charge is -2.39. The number of rotatable bonds is 4. The SMILES string of the molecule is COc1cc(C(F)(F)F)c(C2(N=C=O)CCC2)cc1OC. The van der Waals surface area contributed by atoms with Crippen LogP contribution in [0, 0.1) is 0 Å². The van der Waals surface area contributed by atoms with Crippen molar-refractivity contribution < 1.29 is 27.4 Å². The minimum atomic E-state index is -4.57. The number of benzene rings is 1. The summed E-state index contributed by atoms with van der Waals surface area (Å²) in [7, 11) is 2.60. The Kier molecular flexibility index (Phi) is 3.96. The lowest BCUT2D eigenvalue weighted by atomic mass is 9.70. The van der Waals surface area contributed by atoms with Crippen molar-refractivity contribution in [1.29, 1.82) is 0 Å². The van der Waals surface area contributed by atoms with E-state index in [1.54, 1.807) is 0 Å². The molecule has 2 rings (SSSR count). The van der Waals surface area contributed by atoms with E-state index in [-0.39, 0.29) is 17.1 Å². The van der Waals surface area contributed by atoms with Gasteiger partial charge in [-0.2, -0.15) is 18.2 Å². The van der Waals surface area contributed by atoms with Gasteiger partial charge in [0.15, 0.2) is 11.5 Å². The Morgan fingerprint density at radius 2 is 1.76 bits per heavy atom. The number of aliphatic imine (C=N–C) groups is 1. The second-order valence-corrected chi connectivity index (χ2v) is 4.84. The van der Waals surface area contributed by atoms with Crippen molar-refractivity contribution in [3.05, 3.63) is 23.3 Å². The van der Waals surface area contributed by atoms with E-state index in [2.05, 4.69) is 4.99 Å². The highest BCUT2D eigenvalue weighted by molar-refractivity contribution is 5.53. The van der Waals surface area contributed by atoms with Gasteiger partial charge in [0.1, 0.15) is 0 Å². The first-order valence-electron chi connectivity index (χ1n) is 6.30. The molecule has 0 radical (unpaired) electrons. The molecular formula is C14H14F3NO3. The van der Waals surface area contributed by atoms with Crippen LogP contribution in [0.2, 0.25) is 0 Å². The Bertz CT molecular complexity index is 588. The Balaban J connectivity index is 2.70. The first-order chi connectivity index (χ1) is 9.88. The normalized spacial score (nSPS) is 16.6. The van der Waals surface area contributed by atoms with Crippen molar-refractivity contribution in [2.24, 2.45) is 4.99 Å². The molecule has 0 amide bonds. The molecule has 4 nitrogen and oxygen atoms in total. The number of carbonyl (C=O) groups excluding carboxylic acids is 1. The third-order valence-electron chi connectivity index (χ3n) is 3.77. The van der Waals surface area contributed by atoms with Crippen molar-refractivity contribution >= 4 is 6.08 Å². The zero-order valence-electron chi connectivity index (χ0n) is 11.6. The molecule has 0 aromatic heterocycles. The van der Waals surface area contributed by atoms with Crippen LogP contribution < -0.4 is 9.47 Å². The minimum Gasteiger partial charge on any atom is -0.493 e. The molecule has 1 saturated carbocycles. The van der Waals surface area contributed by atoms with Gasteiger partial charge in [-0.05, 0) is 37.0 Å². The van der Waals surface area contributed by atoms with Crippen LogP contribution in [0.5, 0.6) is 11.5 Å². The maximum absolute atomic E-state index is 13.3. The van der Waals surface area contributed by atoms with Crippen molar-refractivity contribution in [1.82, 2.24) is 0 Å². The van der Waals surface area contributed by atoms with Crippen molar-refractivity contribution in [2.45, 2.75) is 31.0 Å². The Labute approximate surface area is 119 Å². The molecule has 114 valence electrons. The number of methoxy groups -OCH3 is 2. The number of hydrogen-bond donors (Lipinski definition) is 0. The summed E-state index contributed by atoms with van der Waals surface area (Å²) < 4.78 is 49.9. The minimum absolute atomic E-state index is 0.0156. The third kappa shape index (κ3) is 2.61. The highest BCUT2D eigenvalue weighted by Crippen LogP contribution is 2.51. The van der Waals surface area contributed by atoms with E-state index in [1.165, 1.54) is 26.4 Å². The summed E-state index contributed by atoms with van der Waals surface area (Å²) in [5.74, 6) is 0.158. The fourth-order valence-electron chi connectivity index (χ4n) is 2.54. The second-order valence-electron chi connectivity index (χ2n) is 4.84. The number of hydrogen-bond acceptors (Lipinski definition) is 4. The molecule has 1 aromatic rings. The van der Waals surface area contributed by atoms with Crippen LogP contribution in [0.3, 0.4) is 0 Å². The number of ether oxygens (including phenoxy) is 2. The third-order valence-corrected chi connectivity index (χ3v) is 3.77. The quantitative estimate of drug-likeness (QED) is 0.632. The zero-order chi connectivity index (χ0) is 15.7. The molecule has 1 aliphatic carbocycles. The second kappa shape index (κ2) is 5.41. The Morgan fingerprint density at radius 3 is 2.14 bits per heavy atom. The van der Waals surface area contributed by atoms with Crippen LogP contribution in [-0.4, -0.2) is 20.3 Å². The molecule has 0 spiro atoms. The van der Waals surface area contributed by atoms with Gasteiger partial charge in [0, 0.05) is 0 Å². The molecule has 1 aromatic carbocycles. The molecule has 1 fully saturated rings. The van der Waals surface area contributed by atoms with Gasteiger partial charge < -0.3 is 9.47 Å². The average Bonchev–Trinajstić information content (AvgIpc) is 2.40. The molecule has 1 aliphatic rings. The predicted octanol–water partition coefficient (Wildman–Crippen LogP) is 3.44. The molecule has 0 N–H and O–H groups in total. The monoisotopic (exact) mass is 301 g/mol. The van der Waals surface area contributed by atoms with E-state index in [0.29, 0.717) is 19.3 Å². The van der Waals surface area contributed by atoms with Crippen LogP contribution in [0.1, 0.15) is 30.4 Å². The van der Waals surface area contributed by atoms with Gasteiger partial charge in [0.25, 0.3) is 0 Å². The highest BCUT2D eigenvalue weighted by Gasteiger charge is 2.46. The molecule has 21 heavy (non-hydrogen) atoms. The molecule has 0 saturated heterocycles. The van der Waals surface area contributed by atoms with Gasteiger partial charge in [-0.3, -0.25) is 0 Å². The number of halogens is 3. The van der Waals surface area contributed by atoms with E-state index in [1.807, 2.05) is 0 Å². The molecule has 0 unspecified atom stereocenters. The smallest absolute Gasteiger partial charge is 0.416 e. The topological polar surface area (TPSA) is 47.9 Å². The summed E-state index contributed by atoms with van der Waals surface area (Å²) in [4.78, 5) is 14.2. The highest BCUT2D eigenvalue weighted by atomic mass is 19.4. The zero-order valence-corrected chi connectivity index (χ0v) is 11.6. The van der Waals surface area contributed by atoms with Gasteiger partial charge in [-0.1, -0.05) is 0 Å². The maximum atomic E-state index is 13.3. The molecule has 0 aliphatic heterocycles. The van der Waals surface area contributed by atoms with Gasteiger partial charge in [-0.15, -0.1) is 0 Å². The van der Waals surface area contributed by atoms with E-state index < -0.39 is 17.3 Å². The van der Waals surface area contributed by atoms with Crippen molar-refractivity contribution in [2.75, 3.05) is 14.2 Å². The molecule has 0 bridgehead atoms. The number of alkyl halides is 3. The van der Waals surface area contributed by atoms with Gasteiger partial charge in [-0.25, -0.2) is 4.79 Å². The van der Waals surface area contributed by atoms with Gasteiger partial charge in [0.2, 0.25) is 6.08 Å². The molecule has 0 heterocycles. The van der Waals surface area contributed by atoms with Crippen molar-refractivity contribution in [3.63, 3.8) is 0 Å². The number of isocyanates is 1. The van der Waals surface area contributed by atoms with Crippen LogP contribution in [-0.2, 0) is 16.5 Å². The lowest BCUT2D eigenvalue weighted by molar-refractivity contribution is -0.139. The van der Waals surface area contributed by atoms with Crippen LogP contribution >= 0.6 is 0 Å². The molecule has 7 heteroatoms. The fourth-order valence-corrected chi connectivity index (χ4v) is 2.54. The van der Waals surface area contributed by atoms with E-state index in [0.717, 1.165) is 6.07 Å². The first-order valence-corrected chi connectivity index (χ1v) is 6.30. The molecule has 0 atom stereocenters. The summed E-state index contributed by atoms with van der Waals surface area (Å²) in [5, 5.41) is 0. The number of nitrogens with zero attached hydrogens (tertiary/aromatic N) is 1. The van der Waals surface area contributed by atoms with Gasteiger partial charge >= 0.3 is 6.18 Å². The van der Waals surface area contributed by atoms with E-state index >= 15 is 0 Å². The summed E-state index contributed by atoms with van der Waals surface area (Å²) in [6.07, 6.45) is -1.73. The Hall–Kier alpha value is -2.01. The van der Waals surface area contributed by atoms with E-state index in [9.17, 15) is 18.0 Å². The summed E-state index contributed by atoms with van der Waals surface area (Å²) in [5.41, 5.74) is -2.09. The standard InChI is InChI=1S/C14H14F3NO3/c1-20-11-6-9(13(18-8-19)4-3-5-13)10(14(15,16)17)7-12(11)21-2/h6-7H,3-5H2,1-2H3.